The lowest BCUT2D eigenvalue weighted by atomic mass is 10.4. The zero-order valence-corrected chi connectivity index (χ0v) is 12.7. The van der Waals surface area contributed by atoms with Gasteiger partial charge in [-0.05, 0) is 19.6 Å². The summed E-state index contributed by atoms with van der Waals surface area (Å²) < 4.78 is 26.9. The van der Waals surface area contributed by atoms with Gasteiger partial charge in [0.25, 0.3) is 10.2 Å². The molecule has 0 saturated heterocycles. The number of hydrogen-bond donors (Lipinski definition) is 0. The molecule has 0 aliphatic heterocycles. The van der Waals surface area contributed by atoms with Crippen molar-refractivity contribution in [2.45, 2.75) is 19.4 Å². The molecule has 1 unspecified atom stereocenters. The molecule has 0 radical (unpaired) electrons. The summed E-state index contributed by atoms with van der Waals surface area (Å²) in [6.07, 6.45) is 2.64. The highest BCUT2D eigenvalue weighted by Crippen LogP contribution is 2.12. The summed E-state index contributed by atoms with van der Waals surface area (Å²) in [5.74, 6) is 1.27. The second-order valence-corrected chi connectivity index (χ2v) is 7.08. The minimum absolute atomic E-state index is 0.00143. The standard InChI is InChI=1S/C9H21ClN2O2S2/c1-9(8-15-4)12(3)16(13,14)11(2)7-5-6-10/h9H,5-8H2,1-4H3. The molecule has 0 aliphatic rings. The highest BCUT2D eigenvalue weighted by atomic mass is 35.5. The Morgan fingerprint density at radius 1 is 1.38 bits per heavy atom. The quantitative estimate of drug-likeness (QED) is 0.635. The van der Waals surface area contributed by atoms with Gasteiger partial charge in [-0.1, -0.05) is 0 Å². The molecule has 4 nitrogen and oxygen atoms in total. The third-order valence-corrected chi connectivity index (χ3v) is 5.53. The van der Waals surface area contributed by atoms with E-state index in [2.05, 4.69) is 0 Å². The van der Waals surface area contributed by atoms with Gasteiger partial charge < -0.3 is 0 Å². The maximum absolute atomic E-state index is 12.1. The number of hydrogen-bond acceptors (Lipinski definition) is 3. The van der Waals surface area contributed by atoms with E-state index in [4.69, 9.17) is 11.6 Å². The lowest BCUT2D eigenvalue weighted by molar-refractivity contribution is 0.360. The van der Waals surface area contributed by atoms with Crippen LogP contribution in [0.3, 0.4) is 0 Å². The van der Waals surface area contributed by atoms with Gasteiger partial charge in [0, 0.05) is 38.3 Å². The molecule has 0 fully saturated rings. The van der Waals surface area contributed by atoms with Crippen LogP contribution in [0.1, 0.15) is 13.3 Å². The van der Waals surface area contributed by atoms with Crippen LogP contribution >= 0.6 is 23.4 Å². The highest BCUT2D eigenvalue weighted by molar-refractivity contribution is 7.98. The molecule has 98 valence electrons. The Labute approximate surface area is 109 Å². The van der Waals surface area contributed by atoms with Gasteiger partial charge in [-0.2, -0.15) is 28.8 Å². The monoisotopic (exact) mass is 288 g/mol. The maximum atomic E-state index is 12.1. The fourth-order valence-corrected chi connectivity index (χ4v) is 3.44. The van der Waals surface area contributed by atoms with E-state index < -0.39 is 10.2 Å². The summed E-state index contributed by atoms with van der Waals surface area (Å²) >= 11 is 7.19. The molecule has 0 aromatic rings. The first-order valence-corrected chi connectivity index (χ1v) is 8.44. The van der Waals surface area contributed by atoms with Crippen LogP contribution in [0.25, 0.3) is 0 Å². The van der Waals surface area contributed by atoms with Crippen molar-refractivity contribution in [2.75, 3.05) is 38.5 Å². The summed E-state index contributed by atoms with van der Waals surface area (Å²) in [4.78, 5) is 0. The first kappa shape index (κ1) is 16.5. The molecule has 16 heavy (non-hydrogen) atoms. The van der Waals surface area contributed by atoms with Gasteiger partial charge in [-0.25, -0.2) is 0 Å². The van der Waals surface area contributed by atoms with Crippen molar-refractivity contribution in [2.24, 2.45) is 0 Å². The van der Waals surface area contributed by atoms with E-state index in [0.717, 1.165) is 5.75 Å². The molecule has 0 N–H and O–H groups in total. The van der Waals surface area contributed by atoms with Crippen molar-refractivity contribution in [3.63, 3.8) is 0 Å². The lowest BCUT2D eigenvalue weighted by Crippen LogP contribution is -2.45. The second-order valence-electron chi connectivity index (χ2n) is 3.69. The first-order chi connectivity index (χ1) is 7.37. The molecular weight excluding hydrogens is 268 g/mol. The van der Waals surface area contributed by atoms with Crippen molar-refractivity contribution < 1.29 is 8.42 Å². The van der Waals surface area contributed by atoms with Gasteiger partial charge in [0.2, 0.25) is 0 Å². The summed E-state index contributed by atoms with van der Waals surface area (Å²) in [7, 11) is -0.132. The van der Waals surface area contributed by atoms with E-state index in [1.54, 1.807) is 25.9 Å². The van der Waals surface area contributed by atoms with Crippen molar-refractivity contribution in [3.8, 4) is 0 Å². The molecule has 0 aromatic carbocycles. The van der Waals surface area contributed by atoms with E-state index >= 15 is 0 Å². The number of thioether (sulfide) groups is 1. The maximum Gasteiger partial charge on any atom is 0.281 e. The topological polar surface area (TPSA) is 40.6 Å². The summed E-state index contributed by atoms with van der Waals surface area (Å²) in [5.41, 5.74) is 0. The SMILES string of the molecule is CSCC(C)N(C)S(=O)(=O)N(C)CCCCl. The fraction of sp³-hybridized carbons (Fsp3) is 1.00. The summed E-state index contributed by atoms with van der Waals surface area (Å²) in [6.45, 7) is 2.37. The molecule has 0 amide bonds. The normalized spacial score (nSPS) is 14.7. The number of rotatable bonds is 8. The molecule has 0 rings (SSSR count). The highest BCUT2D eigenvalue weighted by Gasteiger charge is 2.26. The predicted molar refractivity (Wildman–Crippen MR) is 72.5 cm³/mol. The van der Waals surface area contributed by atoms with Crippen LogP contribution in [0.5, 0.6) is 0 Å². The molecule has 0 spiro atoms. The van der Waals surface area contributed by atoms with Crippen molar-refractivity contribution in [3.05, 3.63) is 0 Å². The number of halogens is 1. The molecular formula is C9H21ClN2O2S2. The van der Waals surface area contributed by atoms with Gasteiger partial charge in [-0.15, -0.1) is 11.6 Å². The Morgan fingerprint density at radius 3 is 2.38 bits per heavy atom. The number of alkyl halides is 1. The third-order valence-electron chi connectivity index (χ3n) is 2.39. The average molecular weight is 289 g/mol. The van der Waals surface area contributed by atoms with Crippen LogP contribution in [-0.2, 0) is 10.2 Å². The molecule has 0 aromatic heterocycles. The largest absolute Gasteiger partial charge is 0.281 e. The fourth-order valence-electron chi connectivity index (χ4n) is 1.19. The number of nitrogens with zero attached hydrogens (tertiary/aromatic N) is 2. The molecule has 0 bridgehead atoms. The van der Waals surface area contributed by atoms with Crippen LogP contribution in [0.15, 0.2) is 0 Å². The summed E-state index contributed by atoms with van der Waals surface area (Å²) in [5, 5.41) is 0. The Balaban J connectivity index is 4.51. The zero-order valence-electron chi connectivity index (χ0n) is 10.3. The van der Waals surface area contributed by atoms with Gasteiger partial charge in [-0.3, -0.25) is 0 Å². The third kappa shape index (κ3) is 4.79. The summed E-state index contributed by atoms with van der Waals surface area (Å²) in [6, 6.07) is -0.00143. The molecule has 1 atom stereocenters. The van der Waals surface area contributed by atoms with E-state index in [1.165, 1.54) is 8.61 Å². The Morgan fingerprint density at radius 2 is 1.94 bits per heavy atom. The van der Waals surface area contributed by atoms with Gasteiger partial charge in [0.1, 0.15) is 0 Å². The zero-order chi connectivity index (χ0) is 12.8. The van der Waals surface area contributed by atoms with Crippen molar-refractivity contribution in [1.82, 2.24) is 8.61 Å². The van der Waals surface area contributed by atoms with Gasteiger partial charge in [0.15, 0.2) is 0 Å². The van der Waals surface area contributed by atoms with E-state index in [1.807, 2.05) is 13.2 Å². The minimum Gasteiger partial charge on any atom is -0.195 e. The van der Waals surface area contributed by atoms with Gasteiger partial charge >= 0.3 is 0 Å². The van der Waals surface area contributed by atoms with Crippen molar-refractivity contribution in [1.29, 1.82) is 0 Å². The Hall–Kier alpha value is 0.510. The molecule has 0 saturated carbocycles. The van der Waals surface area contributed by atoms with Crippen LogP contribution < -0.4 is 0 Å². The molecule has 7 heteroatoms. The molecule has 0 aliphatic carbocycles. The van der Waals surface area contributed by atoms with Gasteiger partial charge in [0.05, 0.1) is 0 Å². The Bertz CT molecular complexity index is 285. The Kier molecular flexibility index (Phi) is 8.01. The van der Waals surface area contributed by atoms with E-state index in [0.29, 0.717) is 18.8 Å². The first-order valence-electron chi connectivity index (χ1n) is 5.12. The van der Waals surface area contributed by atoms with Crippen LogP contribution in [0, 0.1) is 0 Å². The second kappa shape index (κ2) is 7.76. The predicted octanol–water partition coefficient (Wildman–Crippen LogP) is 1.48. The van der Waals surface area contributed by atoms with Crippen LogP contribution in [0.4, 0.5) is 0 Å². The van der Waals surface area contributed by atoms with E-state index in [9.17, 15) is 8.42 Å². The average Bonchev–Trinajstić information content (AvgIpc) is 2.24. The van der Waals surface area contributed by atoms with E-state index in [-0.39, 0.29) is 6.04 Å². The van der Waals surface area contributed by atoms with Crippen LogP contribution in [-0.4, -0.2) is 61.6 Å². The molecule has 0 heterocycles. The van der Waals surface area contributed by atoms with Crippen LogP contribution in [0.2, 0.25) is 0 Å². The smallest absolute Gasteiger partial charge is 0.195 e. The van der Waals surface area contributed by atoms with Crippen molar-refractivity contribution >= 4 is 33.6 Å². The minimum atomic E-state index is -3.34. The lowest BCUT2D eigenvalue weighted by Gasteiger charge is -2.28.